The van der Waals surface area contributed by atoms with E-state index in [0.717, 1.165) is 32.1 Å². The fraction of sp³-hybridized carbons (Fsp3) is 0.941. The van der Waals surface area contributed by atoms with E-state index in [1.54, 1.807) is 0 Å². The van der Waals surface area contributed by atoms with Gasteiger partial charge in [0.1, 0.15) is 0 Å². The molecule has 0 aliphatic heterocycles. The first kappa shape index (κ1) is 25.2. The normalized spacial score (nSPS) is 13.4. The molecular weight excluding hydrogens is 401 g/mol. The van der Waals surface area contributed by atoms with Gasteiger partial charge in [0.2, 0.25) is 0 Å². The molecule has 6 heteroatoms. The summed E-state index contributed by atoms with van der Waals surface area (Å²) in [5.41, 5.74) is 0. The molecule has 0 aromatic rings. The Bertz CT molecular complexity index is 293. The van der Waals surface area contributed by atoms with E-state index in [-0.39, 0.29) is 24.0 Å². The van der Waals surface area contributed by atoms with Crippen molar-refractivity contribution in [3.8, 4) is 0 Å². The van der Waals surface area contributed by atoms with Gasteiger partial charge in [-0.15, -0.1) is 24.0 Å². The Labute approximate surface area is 161 Å². The lowest BCUT2D eigenvalue weighted by molar-refractivity contribution is 0.277. The van der Waals surface area contributed by atoms with Crippen molar-refractivity contribution in [1.29, 1.82) is 0 Å². The van der Waals surface area contributed by atoms with E-state index in [1.807, 2.05) is 7.05 Å². The average molecular weight is 441 g/mol. The first-order valence-corrected chi connectivity index (χ1v) is 8.84. The monoisotopic (exact) mass is 441 g/mol. The largest absolute Gasteiger partial charge is 0.355 e. The third-order valence-corrected chi connectivity index (χ3v) is 4.25. The molecule has 0 rings (SSSR count). The van der Waals surface area contributed by atoms with E-state index in [2.05, 4.69) is 67.1 Å². The van der Waals surface area contributed by atoms with Crippen LogP contribution in [0.2, 0.25) is 0 Å². The molecule has 0 aliphatic rings. The van der Waals surface area contributed by atoms with E-state index in [4.69, 9.17) is 0 Å². The zero-order valence-electron chi connectivity index (χ0n) is 16.4. The van der Waals surface area contributed by atoms with Crippen molar-refractivity contribution in [3.05, 3.63) is 0 Å². The third kappa shape index (κ3) is 12.9. The predicted octanol–water partition coefficient (Wildman–Crippen LogP) is 2.62. The molecule has 0 heterocycles. The van der Waals surface area contributed by atoms with E-state index in [9.17, 15) is 0 Å². The highest BCUT2D eigenvalue weighted by Crippen LogP contribution is 1.99. The quantitative estimate of drug-likeness (QED) is 0.294. The molecule has 0 amide bonds. The number of hydrogen-bond donors (Lipinski definition) is 2. The molecule has 23 heavy (non-hydrogen) atoms. The van der Waals surface area contributed by atoms with Crippen molar-refractivity contribution in [2.75, 3.05) is 46.8 Å². The lowest BCUT2D eigenvalue weighted by Gasteiger charge is -2.23. The van der Waals surface area contributed by atoms with E-state index < -0.39 is 0 Å². The molecule has 0 bridgehead atoms. The van der Waals surface area contributed by atoms with Gasteiger partial charge in [0, 0.05) is 32.2 Å². The minimum absolute atomic E-state index is 0. The maximum Gasteiger partial charge on any atom is 0.191 e. The Morgan fingerprint density at radius 1 is 1.09 bits per heavy atom. The van der Waals surface area contributed by atoms with Gasteiger partial charge >= 0.3 is 0 Å². The maximum atomic E-state index is 4.31. The summed E-state index contributed by atoms with van der Waals surface area (Å²) in [6.45, 7) is 16.5. The van der Waals surface area contributed by atoms with Gasteiger partial charge in [-0.2, -0.15) is 0 Å². The number of halogens is 1. The molecule has 0 saturated heterocycles. The van der Waals surface area contributed by atoms with E-state index in [1.165, 1.54) is 19.4 Å². The lowest BCUT2D eigenvalue weighted by atomic mass is 10.2. The molecular formula is C17H40IN5. The van der Waals surface area contributed by atoms with Crippen LogP contribution in [0, 0.1) is 0 Å². The summed E-state index contributed by atoms with van der Waals surface area (Å²) in [4.78, 5) is 9.11. The summed E-state index contributed by atoms with van der Waals surface area (Å²) in [6, 6.07) is 1.03. The molecule has 0 aliphatic carbocycles. The first-order valence-electron chi connectivity index (χ1n) is 8.84. The van der Waals surface area contributed by atoms with Gasteiger partial charge in [-0.1, -0.05) is 13.8 Å². The summed E-state index contributed by atoms with van der Waals surface area (Å²) in [7, 11) is 3.99. The number of nitrogens with zero attached hydrogens (tertiary/aromatic N) is 3. The minimum atomic E-state index is 0. The van der Waals surface area contributed by atoms with Crippen LogP contribution in [-0.2, 0) is 0 Å². The average Bonchev–Trinajstić information content (AvgIpc) is 2.50. The summed E-state index contributed by atoms with van der Waals surface area (Å²) in [5, 5.41) is 6.88. The number of guanidine groups is 1. The van der Waals surface area contributed by atoms with Crippen molar-refractivity contribution in [3.63, 3.8) is 0 Å². The Hall–Kier alpha value is -0.0800. The van der Waals surface area contributed by atoms with Crippen molar-refractivity contribution in [2.24, 2.45) is 4.99 Å². The number of likely N-dealkylation sites (N-methyl/N-ethyl adjacent to an activating group) is 1. The minimum Gasteiger partial charge on any atom is -0.355 e. The van der Waals surface area contributed by atoms with Gasteiger partial charge in [-0.25, -0.2) is 0 Å². The molecule has 0 saturated carbocycles. The second-order valence-corrected chi connectivity index (χ2v) is 6.29. The number of rotatable bonds is 11. The summed E-state index contributed by atoms with van der Waals surface area (Å²) in [6.07, 6.45) is 2.39. The van der Waals surface area contributed by atoms with Gasteiger partial charge in [-0.05, 0) is 60.3 Å². The van der Waals surface area contributed by atoms with Crippen molar-refractivity contribution >= 4 is 29.9 Å². The molecule has 0 fully saturated rings. The fourth-order valence-corrected chi connectivity index (χ4v) is 2.27. The summed E-state index contributed by atoms with van der Waals surface area (Å²) < 4.78 is 0. The van der Waals surface area contributed by atoms with Crippen LogP contribution in [-0.4, -0.2) is 74.7 Å². The summed E-state index contributed by atoms with van der Waals surface area (Å²) in [5.74, 6) is 0.910. The van der Waals surface area contributed by atoms with E-state index >= 15 is 0 Å². The van der Waals surface area contributed by atoms with Crippen LogP contribution in [0.4, 0.5) is 0 Å². The molecule has 2 N–H and O–H groups in total. The van der Waals surface area contributed by atoms with E-state index in [0.29, 0.717) is 12.1 Å². The van der Waals surface area contributed by atoms with Gasteiger partial charge in [0.15, 0.2) is 5.96 Å². The van der Waals surface area contributed by atoms with Crippen LogP contribution in [0.5, 0.6) is 0 Å². The molecule has 0 aromatic carbocycles. The number of aliphatic imine (C=N–C) groups is 1. The van der Waals surface area contributed by atoms with Gasteiger partial charge in [-0.3, -0.25) is 4.99 Å². The highest BCUT2D eigenvalue weighted by atomic mass is 127. The third-order valence-electron chi connectivity index (χ3n) is 4.25. The second kappa shape index (κ2) is 15.4. The van der Waals surface area contributed by atoms with Gasteiger partial charge in [0.25, 0.3) is 0 Å². The first-order chi connectivity index (χ1) is 10.4. The molecule has 140 valence electrons. The smallest absolute Gasteiger partial charge is 0.191 e. The van der Waals surface area contributed by atoms with Crippen LogP contribution in [0.15, 0.2) is 4.99 Å². The molecule has 5 nitrogen and oxygen atoms in total. The SMILES string of the molecule is CCN(CC)CCCC(C)NC(=NC)NCCN(C)C(C)C.I. The van der Waals surface area contributed by atoms with Crippen molar-refractivity contribution in [2.45, 2.75) is 59.5 Å². The second-order valence-electron chi connectivity index (χ2n) is 6.29. The predicted molar refractivity (Wildman–Crippen MR) is 114 cm³/mol. The number of hydrogen-bond acceptors (Lipinski definition) is 3. The maximum absolute atomic E-state index is 4.31. The Kier molecular flexibility index (Phi) is 16.9. The molecule has 0 radical (unpaired) electrons. The van der Waals surface area contributed by atoms with Gasteiger partial charge in [0.05, 0.1) is 0 Å². The summed E-state index contributed by atoms with van der Waals surface area (Å²) >= 11 is 0. The van der Waals surface area contributed by atoms with Crippen molar-refractivity contribution in [1.82, 2.24) is 20.4 Å². The van der Waals surface area contributed by atoms with Crippen LogP contribution in [0.1, 0.15) is 47.5 Å². The number of nitrogens with one attached hydrogen (secondary N) is 2. The standard InChI is InChI=1S/C17H39N5.HI/c1-8-22(9-2)13-10-11-16(5)20-17(18-6)19-12-14-21(7)15(3)4;/h15-16H,8-14H2,1-7H3,(H2,18,19,20);1H. The molecule has 0 aromatic heterocycles. The van der Waals surface area contributed by atoms with Crippen LogP contribution in [0.25, 0.3) is 0 Å². The Morgan fingerprint density at radius 3 is 2.17 bits per heavy atom. The highest BCUT2D eigenvalue weighted by molar-refractivity contribution is 14.0. The van der Waals surface area contributed by atoms with Crippen LogP contribution >= 0.6 is 24.0 Å². The highest BCUT2D eigenvalue weighted by Gasteiger charge is 2.07. The lowest BCUT2D eigenvalue weighted by Crippen LogP contribution is -2.45. The fourth-order valence-electron chi connectivity index (χ4n) is 2.27. The molecule has 0 spiro atoms. The Balaban J connectivity index is 0. The van der Waals surface area contributed by atoms with Gasteiger partial charge < -0.3 is 20.4 Å². The van der Waals surface area contributed by atoms with Crippen LogP contribution in [0.3, 0.4) is 0 Å². The molecule has 1 atom stereocenters. The molecule has 1 unspecified atom stereocenters. The van der Waals surface area contributed by atoms with Crippen molar-refractivity contribution < 1.29 is 0 Å². The van der Waals surface area contributed by atoms with Crippen LogP contribution < -0.4 is 10.6 Å². The zero-order valence-corrected chi connectivity index (χ0v) is 18.7. The Morgan fingerprint density at radius 2 is 1.70 bits per heavy atom. The topological polar surface area (TPSA) is 42.9 Å². The zero-order chi connectivity index (χ0) is 17.0.